The molecule has 0 aromatic rings. The van der Waals surface area contributed by atoms with E-state index in [0.29, 0.717) is 0 Å². The van der Waals surface area contributed by atoms with Crippen LogP contribution in [-0.2, 0) is 14.2 Å². The summed E-state index contributed by atoms with van der Waals surface area (Å²) in [6.07, 6.45) is -10.5. The van der Waals surface area contributed by atoms with Crippen LogP contribution in [0.15, 0.2) is 0 Å². The van der Waals surface area contributed by atoms with Gasteiger partial charge in [-0.05, 0) is 0 Å². The topological polar surface area (TPSA) is 201 Å². The van der Waals surface area contributed by atoms with E-state index in [1.165, 1.54) is 0 Å². The average Bonchev–Trinajstić information content (AvgIpc) is 2.55. The van der Waals surface area contributed by atoms with E-state index in [4.69, 9.17) is 30.8 Å². The van der Waals surface area contributed by atoms with Crippen molar-refractivity contribution < 1.29 is 44.8 Å². The predicted molar refractivity (Wildman–Crippen MR) is 72.6 cm³/mol. The molecule has 23 heavy (non-hydrogen) atoms. The van der Waals surface area contributed by atoms with Crippen molar-refractivity contribution in [2.75, 3.05) is 13.2 Å². The van der Waals surface area contributed by atoms with Gasteiger partial charge in [0.2, 0.25) is 0 Å². The normalized spacial score (nSPS) is 51.7. The standard InChI is InChI=1S/C12H24N2O9/c13-5-9(19)10(4(2-16)21-11(5)20)23-12-6(14)8(18)7(17)3(1-15)22-12/h3-12,15-20H,1-2,13-14H2/t3-,4+,5-,6+,7+,8-,9+,10+,11+,12-/m0/s1. The molecule has 0 unspecified atom stereocenters. The van der Waals surface area contributed by atoms with E-state index in [-0.39, 0.29) is 0 Å². The first-order valence-electron chi connectivity index (χ1n) is 7.23. The molecule has 0 amide bonds. The lowest BCUT2D eigenvalue weighted by Crippen LogP contribution is -2.67. The molecule has 10 atom stereocenters. The van der Waals surface area contributed by atoms with Gasteiger partial charge in [0, 0.05) is 0 Å². The monoisotopic (exact) mass is 340 g/mol. The Kier molecular flexibility index (Phi) is 6.27. The molecule has 2 heterocycles. The number of nitrogens with two attached hydrogens (primary N) is 2. The van der Waals surface area contributed by atoms with Crippen LogP contribution in [0, 0.1) is 0 Å². The molecule has 2 aliphatic rings. The van der Waals surface area contributed by atoms with Gasteiger partial charge in [-0.2, -0.15) is 0 Å². The summed E-state index contributed by atoms with van der Waals surface area (Å²) >= 11 is 0. The number of ether oxygens (including phenoxy) is 3. The number of hydrogen-bond acceptors (Lipinski definition) is 11. The van der Waals surface area contributed by atoms with Crippen molar-refractivity contribution in [3.63, 3.8) is 0 Å². The van der Waals surface area contributed by atoms with E-state index in [2.05, 4.69) is 0 Å². The van der Waals surface area contributed by atoms with E-state index in [1.807, 2.05) is 0 Å². The van der Waals surface area contributed by atoms with E-state index in [9.17, 15) is 25.5 Å². The summed E-state index contributed by atoms with van der Waals surface area (Å²) in [6, 6.07) is -2.37. The van der Waals surface area contributed by atoms with Gasteiger partial charge in [-0.1, -0.05) is 0 Å². The first kappa shape index (κ1) is 18.9. The molecule has 10 N–H and O–H groups in total. The Morgan fingerprint density at radius 2 is 1.39 bits per heavy atom. The molecule has 0 bridgehead atoms. The summed E-state index contributed by atoms with van der Waals surface area (Å²) < 4.78 is 15.8. The summed E-state index contributed by atoms with van der Waals surface area (Å²) in [5.74, 6) is 0. The maximum absolute atomic E-state index is 10.1. The molecule has 0 spiro atoms. The molecule has 136 valence electrons. The van der Waals surface area contributed by atoms with Crippen LogP contribution in [0.3, 0.4) is 0 Å². The van der Waals surface area contributed by atoms with Crippen molar-refractivity contribution in [3.05, 3.63) is 0 Å². The third-order valence-corrected chi connectivity index (χ3v) is 4.14. The molecule has 2 saturated heterocycles. The summed E-state index contributed by atoms with van der Waals surface area (Å²) in [4.78, 5) is 0. The molecule has 2 rings (SSSR count). The lowest BCUT2D eigenvalue weighted by molar-refractivity contribution is -0.324. The van der Waals surface area contributed by atoms with Crippen molar-refractivity contribution in [2.24, 2.45) is 11.5 Å². The quantitative estimate of drug-likeness (QED) is 0.242. The van der Waals surface area contributed by atoms with E-state index >= 15 is 0 Å². The Bertz CT molecular complexity index is 386. The zero-order valence-electron chi connectivity index (χ0n) is 12.3. The third kappa shape index (κ3) is 3.65. The van der Waals surface area contributed by atoms with Gasteiger partial charge >= 0.3 is 0 Å². The van der Waals surface area contributed by atoms with Crippen LogP contribution in [0.4, 0.5) is 0 Å². The second-order valence-electron chi connectivity index (χ2n) is 5.70. The van der Waals surface area contributed by atoms with Crippen molar-refractivity contribution in [1.29, 1.82) is 0 Å². The Balaban J connectivity index is 2.11. The highest BCUT2D eigenvalue weighted by atomic mass is 16.7. The summed E-state index contributed by atoms with van der Waals surface area (Å²) in [7, 11) is 0. The van der Waals surface area contributed by atoms with E-state index in [0.717, 1.165) is 0 Å². The van der Waals surface area contributed by atoms with Gasteiger partial charge in [-0.3, -0.25) is 0 Å². The van der Waals surface area contributed by atoms with Crippen molar-refractivity contribution in [3.8, 4) is 0 Å². The van der Waals surface area contributed by atoms with Crippen molar-refractivity contribution >= 4 is 0 Å². The zero-order valence-corrected chi connectivity index (χ0v) is 12.3. The van der Waals surface area contributed by atoms with Crippen LogP contribution in [0.5, 0.6) is 0 Å². The van der Waals surface area contributed by atoms with Gasteiger partial charge in [0.25, 0.3) is 0 Å². The van der Waals surface area contributed by atoms with Gasteiger partial charge in [-0.15, -0.1) is 0 Å². The number of rotatable bonds is 4. The first-order valence-corrected chi connectivity index (χ1v) is 7.23. The van der Waals surface area contributed by atoms with Gasteiger partial charge < -0.3 is 56.3 Å². The van der Waals surface area contributed by atoms with Crippen molar-refractivity contribution in [1.82, 2.24) is 0 Å². The van der Waals surface area contributed by atoms with Crippen LogP contribution < -0.4 is 11.5 Å². The molecule has 0 aliphatic carbocycles. The van der Waals surface area contributed by atoms with Crippen LogP contribution in [0.1, 0.15) is 0 Å². The summed E-state index contributed by atoms with van der Waals surface area (Å²) in [5, 5.41) is 57.7. The Hall–Kier alpha value is -0.440. The molecule has 0 aromatic carbocycles. The fourth-order valence-electron chi connectivity index (χ4n) is 2.65. The van der Waals surface area contributed by atoms with Gasteiger partial charge in [0.05, 0.1) is 25.3 Å². The van der Waals surface area contributed by atoms with Crippen LogP contribution in [-0.4, -0.2) is 105 Å². The number of hydrogen-bond donors (Lipinski definition) is 8. The second kappa shape index (κ2) is 7.63. The molecule has 2 aliphatic heterocycles. The zero-order chi connectivity index (χ0) is 17.3. The van der Waals surface area contributed by atoms with E-state index in [1.54, 1.807) is 0 Å². The van der Waals surface area contributed by atoms with Crippen molar-refractivity contribution in [2.45, 2.75) is 61.3 Å². The third-order valence-electron chi connectivity index (χ3n) is 4.14. The first-order chi connectivity index (χ1) is 10.8. The highest BCUT2D eigenvalue weighted by molar-refractivity contribution is 4.95. The lowest BCUT2D eigenvalue weighted by Gasteiger charge is -2.45. The summed E-state index contributed by atoms with van der Waals surface area (Å²) in [5.41, 5.74) is 11.3. The molecule has 0 saturated carbocycles. The van der Waals surface area contributed by atoms with Crippen LogP contribution >= 0.6 is 0 Å². The maximum atomic E-state index is 10.1. The smallest absolute Gasteiger partial charge is 0.176 e. The Morgan fingerprint density at radius 3 is 1.96 bits per heavy atom. The molecular weight excluding hydrogens is 316 g/mol. The van der Waals surface area contributed by atoms with Crippen LogP contribution in [0.25, 0.3) is 0 Å². The lowest BCUT2D eigenvalue weighted by atomic mass is 9.95. The Morgan fingerprint density at radius 1 is 0.783 bits per heavy atom. The number of aliphatic hydroxyl groups excluding tert-OH is 6. The molecule has 2 fully saturated rings. The van der Waals surface area contributed by atoms with Gasteiger partial charge in [0.1, 0.15) is 36.6 Å². The molecule has 0 radical (unpaired) electrons. The molecule has 11 nitrogen and oxygen atoms in total. The van der Waals surface area contributed by atoms with E-state index < -0.39 is 74.5 Å². The van der Waals surface area contributed by atoms with Gasteiger partial charge in [0.15, 0.2) is 12.6 Å². The average molecular weight is 340 g/mol. The van der Waals surface area contributed by atoms with Crippen LogP contribution in [0.2, 0.25) is 0 Å². The minimum absolute atomic E-state index is 0.581. The molecule has 11 heteroatoms. The Labute approximate surface area is 132 Å². The maximum Gasteiger partial charge on any atom is 0.176 e. The second-order valence-corrected chi connectivity index (χ2v) is 5.70. The minimum atomic E-state index is -1.49. The highest BCUT2D eigenvalue weighted by Gasteiger charge is 2.49. The SMILES string of the molecule is N[C@H]1[C@H](O[C@H]2[C@H](O)[C@H](N)[C@H](O)O[C@@H]2CO)O[C@@H](CO)[C@@H](O)[C@H]1O. The summed E-state index contributed by atoms with van der Waals surface area (Å²) in [6.45, 7) is -1.17. The number of aliphatic hydroxyl groups is 6. The largest absolute Gasteiger partial charge is 0.394 e. The van der Waals surface area contributed by atoms with Gasteiger partial charge in [-0.25, -0.2) is 0 Å². The fraction of sp³-hybridized carbons (Fsp3) is 1.00. The minimum Gasteiger partial charge on any atom is -0.394 e. The fourth-order valence-corrected chi connectivity index (χ4v) is 2.65. The predicted octanol–water partition coefficient (Wildman–Crippen LogP) is -5.46. The molecular formula is C12H24N2O9. The molecule has 0 aromatic heterocycles. The highest BCUT2D eigenvalue weighted by Crippen LogP contribution is 2.27.